The number of amides is 2. The van der Waals surface area contributed by atoms with Crippen molar-refractivity contribution in [2.45, 2.75) is 26.3 Å². The fourth-order valence-corrected chi connectivity index (χ4v) is 5.12. The SMILES string of the molecule is COCCCN(CC(=O)N(CCc1c[nH]c2ccccc12)Cc1ccc(OC)c(OC)c1)C(=O)c1ccc(C)c([N+](=O)[O-])c1. The lowest BCUT2D eigenvalue weighted by molar-refractivity contribution is -0.385. The molecule has 232 valence electrons. The second-order valence-corrected chi connectivity index (χ2v) is 10.4. The third kappa shape index (κ3) is 7.73. The third-order valence-corrected chi connectivity index (χ3v) is 7.54. The van der Waals surface area contributed by atoms with Gasteiger partial charge in [0.25, 0.3) is 11.6 Å². The fourth-order valence-electron chi connectivity index (χ4n) is 5.12. The minimum atomic E-state index is -0.512. The molecule has 0 unspecified atom stereocenters. The average molecular weight is 603 g/mol. The van der Waals surface area contributed by atoms with E-state index < -0.39 is 10.8 Å². The minimum Gasteiger partial charge on any atom is -0.493 e. The van der Waals surface area contributed by atoms with Crippen LogP contribution in [0.4, 0.5) is 5.69 Å². The van der Waals surface area contributed by atoms with E-state index in [2.05, 4.69) is 4.98 Å². The summed E-state index contributed by atoms with van der Waals surface area (Å²) in [6.07, 6.45) is 3.04. The lowest BCUT2D eigenvalue weighted by Gasteiger charge is -2.28. The van der Waals surface area contributed by atoms with Crippen molar-refractivity contribution in [3.8, 4) is 11.5 Å². The van der Waals surface area contributed by atoms with E-state index in [9.17, 15) is 19.7 Å². The molecule has 0 aliphatic rings. The number of nitro benzene ring substituents is 1. The number of nitrogens with zero attached hydrogens (tertiary/aromatic N) is 3. The van der Waals surface area contributed by atoms with Crippen LogP contribution in [0.1, 0.15) is 33.5 Å². The molecule has 3 aromatic carbocycles. The fraction of sp³-hybridized carbons (Fsp3) is 0.333. The van der Waals surface area contributed by atoms with Gasteiger partial charge in [-0.3, -0.25) is 19.7 Å². The quantitative estimate of drug-likeness (QED) is 0.113. The predicted octanol–water partition coefficient (Wildman–Crippen LogP) is 5.15. The van der Waals surface area contributed by atoms with Crippen molar-refractivity contribution in [1.82, 2.24) is 14.8 Å². The molecule has 11 nitrogen and oxygen atoms in total. The van der Waals surface area contributed by atoms with Crippen LogP contribution in [-0.4, -0.2) is 79.1 Å². The number of fused-ring (bicyclic) bond motifs is 1. The molecular weight excluding hydrogens is 564 g/mol. The molecular formula is C33H38N4O7. The van der Waals surface area contributed by atoms with Crippen molar-refractivity contribution in [2.24, 2.45) is 0 Å². The van der Waals surface area contributed by atoms with E-state index in [0.717, 1.165) is 22.0 Å². The molecule has 0 spiro atoms. The van der Waals surface area contributed by atoms with Gasteiger partial charge < -0.3 is 29.0 Å². The molecule has 1 aromatic heterocycles. The largest absolute Gasteiger partial charge is 0.493 e. The number of hydrogen-bond donors (Lipinski definition) is 1. The highest BCUT2D eigenvalue weighted by molar-refractivity contribution is 5.97. The Hall–Kier alpha value is -4.90. The van der Waals surface area contributed by atoms with Gasteiger partial charge in [-0.05, 0) is 55.2 Å². The van der Waals surface area contributed by atoms with Crippen LogP contribution in [0.15, 0.2) is 66.9 Å². The van der Waals surface area contributed by atoms with Crippen LogP contribution in [0.3, 0.4) is 0 Å². The molecule has 0 aliphatic heterocycles. The lowest BCUT2D eigenvalue weighted by atomic mass is 10.1. The number of H-pyrrole nitrogens is 1. The number of aryl methyl sites for hydroxylation is 1. The van der Waals surface area contributed by atoms with Crippen LogP contribution in [0, 0.1) is 17.0 Å². The summed E-state index contributed by atoms with van der Waals surface area (Å²) in [6, 6.07) is 17.9. The topological polar surface area (TPSA) is 127 Å². The molecule has 4 rings (SSSR count). The number of carbonyl (C=O) groups is 2. The number of nitro groups is 1. The number of nitrogens with one attached hydrogen (secondary N) is 1. The molecule has 44 heavy (non-hydrogen) atoms. The van der Waals surface area contributed by atoms with Gasteiger partial charge >= 0.3 is 0 Å². The van der Waals surface area contributed by atoms with Gasteiger partial charge in [-0.1, -0.05) is 30.3 Å². The van der Waals surface area contributed by atoms with Crippen LogP contribution < -0.4 is 9.47 Å². The van der Waals surface area contributed by atoms with E-state index in [4.69, 9.17) is 14.2 Å². The Balaban J connectivity index is 1.61. The van der Waals surface area contributed by atoms with Crippen LogP contribution >= 0.6 is 0 Å². The maximum atomic E-state index is 14.0. The first kappa shape index (κ1) is 32.0. The number of methoxy groups -OCH3 is 3. The van der Waals surface area contributed by atoms with Crippen LogP contribution in [0.25, 0.3) is 10.9 Å². The Morgan fingerprint density at radius 1 is 0.932 bits per heavy atom. The molecule has 1 heterocycles. The molecule has 2 amide bonds. The summed E-state index contributed by atoms with van der Waals surface area (Å²) in [4.78, 5) is 45.1. The molecule has 11 heteroatoms. The van der Waals surface area contributed by atoms with E-state index in [0.29, 0.717) is 43.1 Å². The zero-order valence-electron chi connectivity index (χ0n) is 25.5. The summed E-state index contributed by atoms with van der Waals surface area (Å²) >= 11 is 0. The number of hydrogen-bond acceptors (Lipinski definition) is 7. The number of benzene rings is 3. The maximum Gasteiger partial charge on any atom is 0.273 e. The van der Waals surface area contributed by atoms with Gasteiger partial charge in [0, 0.05) is 67.6 Å². The summed E-state index contributed by atoms with van der Waals surface area (Å²) in [6.45, 7) is 2.72. The van der Waals surface area contributed by atoms with Crippen molar-refractivity contribution < 1.29 is 28.7 Å². The highest BCUT2D eigenvalue weighted by Crippen LogP contribution is 2.28. The zero-order chi connectivity index (χ0) is 31.6. The Bertz CT molecular complexity index is 1620. The molecule has 0 bridgehead atoms. The van der Waals surface area contributed by atoms with E-state index in [-0.39, 0.29) is 36.8 Å². The van der Waals surface area contributed by atoms with Gasteiger partial charge in [0.2, 0.25) is 5.91 Å². The first-order valence-corrected chi connectivity index (χ1v) is 14.3. The van der Waals surface area contributed by atoms with Crippen LogP contribution in [0.5, 0.6) is 11.5 Å². The number of aromatic nitrogens is 1. The van der Waals surface area contributed by atoms with E-state index in [1.807, 2.05) is 42.6 Å². The second kappa shape index (κ2) is 15.0. The molecule has 0 fully saturated rings. The molecule has 0 atom stereocenters. The zero-order valence-corrected chi connectivity index (χ0v) is 25.5. The molecule has 0 saturated heterocycles. The Labute approximate surface area is 256 Å². The Kier molecular flexibility index (Phi) is 10.9. The smallest absolute Gasteiger partial charge is 0.273 e. The Morgan fingerprint density at radius 2 is 1.70 bits per heavy atom. The van der Waals surface area contributed by atoms with Gasteiger partial charge in [-0.15, -0.1) is 0 Å². The van der Waals surface area contributed by atoms with Crippen molar-refractivity contribution in [2.75, 3.05) is 47.6 Å². The molecule has 0 aliphatic carbocycles. The lowest BCUT2D eigenvalue weighted by Crippen LogP contribution is -2.44. The highest BCUT2D eigenvalue weighted by Gasteiger charge is 2.25. The van der Waals surface area contributed by atoms with Crippen LogP contribution in [0.2, 0.25) is 0 Å². The number of aromatic amines is 1. The number of rotatable bonds is 15. The standard InChI is InChI=1S/C33H38N4O7/c1-23-10-12-25(19-29(23)37(40)41)33(39)36(15-7-17-42-2)22-32(38)35(21-24-11-13-30(43-3)31(18-24)44-4)16-14-26-20-34-28-9-6-5-8-27(26)28/h5-6,8-13,18-20,34H,7,14-17,21-22H2,1-4H3. The summed E-state index contributed by atoms with van der Waals surface area (Å²) in [7, 11) is 4.68. The van der Waals surface area contributed by atoms with Crippen molar-refractivity contribution in [3.05, 3.63) is 99.2 Å². The summed E-state index contributed by atoms with van der Waals surface area (Å²) in [5, 5.41) is 12.6. The van der Waals surface area contributed by atoms with E-state index >= 15 is 0 Å². The van der Waals surface area contributed by atoms with Gasteiger partial charge in [-0.2, -0.15) is 0 Å². The van der Waals surface area contributed by atoms with E-state index in [1.165, 1.54) is 11.0 Å². The highest BCUT2D eigenvalue weighted by atomic mass is 16.6. The van der Waals surface area contributed by atoms with E-state index in [1.54, 1.807) is 51.4 Å². The van der Waals surface area contributed by atoms with Gasteiger partial charge in [0.05, 0.1) is 19.1 Å². The van der Waals surface area contributed by atoms with Gasteiger partial charge in [0.1, 0.15) is 6.54 Å². The number of para-hydroxylation sites is 1. The summed E-state index contributed by atoms with van der Waals surface area (Å²) in [5.41, 5.74) is 3.38. The van der Waals surface area contributed by atoms with Gasteiger partial charge in [-0.25, -0.2) is 0 Å². The maximum absolute atomic E-state index is 14.0. The third-order valence-electron chi connectivity index (χ3n) is 7.54. The van der Waals surface area contributed by atoms with Crippen molar-refractivity contribution >= 4 is 28.4 Å². The molecule has 0 radical (unpaired) electrons. The summed E-state index contributed by atoms with van der Waals surface area (Å²) in [5.74, 6) is 0.411. The first-order chi connectivity index (χ1) is 21.2. The monoisotopic (exact) mass is 602 g/mol. The Morgan fingerprint density at radius 3 is 2.43 bits per heavy atom. The number of ether oxygens (including phenoxy) is 3. The number of carbonyl (C=O) groups excluding carboxylic acids is 2. The first-order valence-electron chi connectivity index (χ1n) is 14.3. The van der Waals surface area contributed by atoms with Crippen LogP contribution in [-0.2, 0) is 22.5 Å². The second-order valence-electron chi connectivity index (χ2n) is 10.4. The molecule has 4 aromatic rings. The predicted molar refractivity (Wildman–Crippen MR) is 167 cm³/mol. The van der Waals surface area contributed by atoms with Crippen molar-refractivity contribution in [3.63, 3.8) is 0 Å². The minimum absolute atomic E-state index is 0.146. The normalized spacial score (nSPS) is 10.9. The molecule has 1 N–H and O–H groups in total. The average Bonchev–Trinajstić information content (AvgIpc) is 3.45. The molecule has 0 saturated carbocycles. The van der Waals surface area contributed by atoms with Crippen molar-refractivity contribution in [1.29, 1.82) is 0 Å². The summed E-state index contributed by atoms with van der Waals surface area (Å²) < 4.78 is 16.0. The van der Waals surface area contributed by atoms with Gasteiger partial charge in [0.15, 0.2) is 11.5 Å².